The van der Waals surface area contributed by atoms with Gasteiger partial charge >= 0.3 is 0 Å². The quantitative estimate of drug-likeness (QED) is 0.269. The molecule has 0 spiro atoms. The van der Waals surface area contributed by atoms with Crippen molar-refractivity contribution in [1.29, 1.82) is 0 Å². The van der Waals surface area contributed by atoms with E-state index in [0.29, 0.717) is 0 Å². The summed E-state index contributed by atoms with van der Waals surface area (Å²) in [5.74, 6) is 1.69. The Morgan fingerprint density at radius 1 is 1.19 bits per heavy atom. The van der Waals surface area contributed by atoms with Crippen molar-refractivity contribution < 1.29 is 18.9 Å². The van der Waals surface area contributed by atoms with Gasteiger partial charge in [-0.25, -0.2) is 0 Å². The van der Waals surface area contributed by atoms with Crippen molar-refractivity contribution in [2.45, 2.75) is 19.9 Å². The Kier molecular flexibility index (Phi) is 11.8. The molecule has 0 amide bonds. The Labute approximate surface area is 187 Å². The van der Waals surface area contributed by atoms with Crippen molar-refractivity contribution in [3.8, 4) is 5.75 Å². The van der Waals surface area contributed by atoms with Gasteiger partial charge < -0.3 is 18.9 Å². The van der Waals surface area contributed by atoms with Gasteiger partial charge in [0.25, 0.3) is 0 Å². The number of benzene rings is 1. The Morgan fingerprint density at radius 3 is 2.74 bits per heavy atom. The summed E-state index contributed by atoms with van der Waals surface area (Å²) in [6, 6.07) is 8.39. The van der Waals surface area contributed by atoms with Crippen molar-refractivity contribution >= 4 is 0 Å². The molecule has 172 valence electrons. The van der Waals surface area contributed by atoms with Crippen molar-refractivity contribution in [2.24, 2.45) is 0 Å². The zero-order valence-electron chi connectivity index (χ0n) is 19.5. The van der Waals surface area contributed by atoms with Gasteiger partial charge in [0.15, 0.2) is 0 Å². The molecule has 0 saturated carbocycles. The topological polar surface area (TPSA) is 43.4 Å². The zero-order valence-corrected chi connectivity index (χ0v) is 19.5. The summed E-state index contributed by atoms with van der Waals surface area (Å²) in [6.07, 6.45) is 8.44. The molecule has 0 N–H and O–H groups in total. The Hall–Kier alpha value is -2.28. The molecular formula is C25H38N2O4. The summed E-state index contributed by atoms with van der Waals surface area (Å²) in [7, 11) is 5.39. The van der Waals surface area contributed by atoms with Crippen LogP contribution in [-0.2, 0) is 20.8 Å². The van der Waals surface area contributed by atoms with Crippen molar-refractivity contribution in [3.05, 3.63) is 65.7 Å². The molecule has 1 aromatic rings. The highest BCUT2D eigenvalue weighted by Gasteiger charge is 2.09. The van der Waals surface area contributed by atoms with Crippen LogP contribution in [0.2, 0.25) is 0 Å². The third-order valence-electron chi connectivity index (χ3n) is 5.00. The Balaban J connectivity index is 1.76. The van der Waals surface area contributed by atoms with Crippen LogP contribution in [0.4, 0.5) is 0 Å². The van der Waals surface area contributed by atoms with Crippen LogP contribution >= 0.6 is 0 Å². The largest absolute Gasteiger partial charge is 0.504 e. The highest BCUT2D eigenvalue weighted by atomic mass is 16.5. The number of likely N-dealkylation sites (N-methyl/N-ethyl adjacent to an activating group) is 1. The highest BCUT2D eigenvalue weighted by Crippen LogP contribution is 2.15. The first-order chi connectivity index (χ1) is 15.1. The Morgan fingerprint density at radius 2 is 2.00 bits per heavy atom. The summed E-state index contributed by atoms with van der Waals surface area (Å²) in [5.41, 5.74) is 2.50. The molecule has 31 heavy (non-hydrogen) atoms. The molecule has 0 aromatic heterocycles. The minimum Gasteiger partial charge on any atom is -0.504 e. The van der Waals surface area contributed by atoms with Crippen LogP contribution in [-0.4, -0.2) is 77.1 Å². The zero-order chi connectivity index (χ0) is 22.3. The number of ether oxygens (including phenoxy) is 4. The number of rotatable bonds is 13. The Bertz CT molecular complexity index is 724. The first-order valence-electron chi connectivity index (χ1n) is 10.9. The van der Waals surface area contributed by atoms with E-state index < -0.39 is 0 Å². The van der Waals surface area contributed by atoms with Gasteiger partial charge in [0.05, 0.1) is 40.3 Å². The van der Waals surface area contributed by atoms with Gasteiger partial charge in [0.2, 0.25) is 0 Å². The summed E-state index contributed by atoms with van der Waals surface area (Å²) in [6.45, 7) is 9.41. The summed E-state index contributed by atoms with van der Waals surface area (Å²) in [5, 5.41) is 0. The average molecular weight is 431 g/mol. The van der Waals surface area contributed by atoms with E-state index in [-0.39, 0.29) is 0 Å². The van der Waals surface area contributed by atoms with Crippen LogP contribution < -0.4 is 4.74 Å². The third kappa shape index (κ3) is 10.5. The molecule has 1 saturated heterocycles. The van der Waals surface area contributed by atoms with Gasteiger partial charge in [0.1, 0.15) is 11.5 Å². The first kappa shape index (κ1) is 25.0. The van der Waals surface area contributed by atoms with Crippen LogP contribution in [0.5, 0.6) is 5.75 Å². The predicted molar refractivity (Wildman–Crippen MR) is 125 cm³/mol. The van der Waals surface area contributed by atoms with E-state index in [2.05, 4.69) is 48.0 Å². The van der Waals surface area contributed by atoms with E-state index >= 15 is 0 Å². The number of hydrogen-bond acceptors (Lipinski definition) is 6. The summed E-state index contributed by atoms with van der Waals surface area (Å²) >= 11 is 0. The van der Waals surface area contributed by atoms with E-state index in [1.54, 1.807) is 26.6 Å². The van der Waals surface area contributed by atoms with Crippen LogP contribution in [0.1, 0.15) is 18.9 Å². The molecule has 1 aliphatic heterocycles. The van der Waals surface area contributed by atoms with Crippen molar-refractivity contribution in [2.75, 3.05) is 67.3 Å². The average Bonchev–Trinajstić information content (AvgIpc) is 2.78. The number of methoxy groups -OCH3 is 2. The number of nitrogens with zero attached hydrogens (tertiary/aromatic N) is 2. The molecule has 0 bridgehead atoms. The molecule has 6 heteroatoms. The minimum atomic E-state index is 0.740. The molecule has 2 rings (SSSR count). The van der Waals surface area contributed by atoms with Gasteiger partial charge in [-0.3, -0.25) is 9.80 Å². The molecule has 0 unspecified atom stereocenters. The highest BCUT2D eigenvalue weighted by molar-refractivity contribution is 5.28. The standard InChI is InChI=1S/C25H38N2O4/c1-22(9-10-24(29-4)11-16-28-3)20-26(2)21-23-7-5-8-25(19-23)31-15-6-12-27-13-17-30-18-14-27/h5,7-11,16,19H,6,12-15,17-18,20-21H2,1-4H3/b16-11+,22-9+,24-10+. The molecule has 1 aliphatic rings. The fourth-order valence-corrected chi connectivity index (χ4v) is 3.43. The monoisotopic (exact) mass is 430 g/mol. The lowest BCUT2D eigenvalue weighted by molar-refractivity contribution is 0.0358. The van der Waals surface area contributed by atoms with Crippen LogP contribution in [0, 0.1) is 0 Å². The fraction of sp³-hybridized carbons (Fsp3) is 0.520. The summed E-state index contributed by atoms with van der Waals surface area (Å²) < 4.78 is 21.6. The lowest BCUT2D eigenvalue weighted by Gasteiger charge is -2.26. The normalized spacial score (nSPS) is 16.2. The molecule has 1 aromatic carbocycles. The van der Waals surface area contributed by atoms with Gasteiger partial charge in [-0.2, -0.15) is 0 Å². The molecule has 0 radical (unpaired) electrons. The van der Waals surface area contributed by atoms with Gasteiger partial charge in [0, 0.05) is 38.8 Å². The second kappa shape index (κ2) is 14.7. The maximum atomic E-state index is 5.98. The maximum Gasteiger partial charge on any atom is 0.121 e. The second-order valence-corrected chi connectivity index (χ2v) is 7.80. The number of hydrogen-bond donors (Lipinski definition) is 0. The molecule has 1 fully saturated rings. The fourth-order valence-electron chi connectivity index (χ4n) is 3.43. The summed E-state index contributed by atoms with van der Waals surface area (Å²) in [4.78, 5) is 4.72. The van der Waals surface area contributed by atoms with E-state index in [1.165, 1.54) is 11.1 Å². The maximum absolute atomic E-state index is 5.98. The molecule has 6 nitrogen and oxygen atoms in total. The van der Waals surface area contributed by atoms with Crippen LogP contribution in [0.25, 0.3) is 0 Å². The van der Waals surface area contributed by atoms with E-state index in [4.69, 9.17) is 18.9 Å². The van der Waals surface area contributed by atoms with Crippen molar-refractivity contribution in [1.82, 2.24) is 9.80 Å². The molecule has 0 atom stereocenters. The molecular weight excluding hydrogens is 392 g/mol. The smallest absolute Gasteiger partial charge is 0.121 e. The number of allylic oxidation sites excluding steroid dienone is 3. The van der Waals surface area contributed by atoms with Crippen molar-refractivity contribution in [3.63, 3.8) is 0 Å². The SMILES string of the molecule is CO/C=C/C(=C\C=C(/C)CN(C)Cc1cccc(OCCCN2CCOCC2)c1)OC. The second-order valence-electron chi connectivity index (χ2n) is 7.80. The lowest BCUT2D eigenvalue weighted by atomic mass is 10.2. The van der Waals surface area contributed by atoms with Crippen LogP contribution in [0.15, 0.2) is 60.1 Å². The molecule has 1 heterocycles. The van der Waals surface area contributed by atoms with E-state index in [9.17, 15) is 0 Å². The van der Waals surface area contributed by atoms with E-state index in [1.807, 2.05) is 12.1 Å². The van der Waals surface area contributed by atoms with Gasteiger partial charge in [-0.05, 0) is 44.2 Å². The van der Waals surface area contributed by atoms with Gasteiger partial charge in [-0.15, -0.1) is 0 Å². The van der Waals surface area contributed by atoms with Crippen LogP contribution in [0.3, 0.4) is 0 Å². The minimum absolute atomic E-state index is 0.740. The predicted octanol–water partition coefficient (Wildman–Crippen LogP) is 3.86. The van der Waals surface area contributed by atoms with Gasteiger partial charge in [-0.1, -0.05) is 23.8 Å². The first-order valence-corrected chi connectivity index (χ1v) is 10.9. The third-order valence-corrected chi connectivity index (χ3v) is 5.00. The lowest BCUT2D eigenvalue weighted by Crippen LogP contribution is -2.37. The van der Waals surface area contributed by atoms with E-state index in [0.717, 1.165) is 70.5 Å². The number of morpholine rings is 1. The molecule has 0 aliphatic carbocycles.